The van der Waals surface area contributed by atoms with Crippen molar-refractivity contribution in [2.75, 3.05) is 5.32 Å². The van der Waals surface area contributed by atoms with Crippen LogP contribution >= 0.6 is 11.8 Å². The van der Waals surface area contributed by atoms with Crippen LogP contribution in [-0.2, 0) is 11.4 Å². The highest BCUT2D eigenvalue weighted by atomic mass is 32.2. The van der Waals surface area contributed by atoms with Crippen LogP contribution in [-0.4, -0.2) is 25.9 Å². The average Bonchev–Trinajstić information content (AvgIpc) is 3.51. The number of carbonyl (C=O) groups excluding carboxylic acids is 1. The number of carbonyl (C=O) groups is 1. The van der Waals surface area contributed by atoms with Crippen molar-refractivity contribution in [3.05, 3.63) is 66.0 Å². The summed E-state index contributed by atoms with van der Waals surface area (Å²) >= 11 is 1.45. The molecule has 1 aromatic heterocycles. The van der Waals surface area contributed by atoms with E-state index in [9.17, 15) is 4.79 Å². The van der Waals surface area contributed by atoms with Gasteiger partial charge in [0.25, 0.3) is 0 Å². The first-order valence-electron chi connectivity index (χ1n) is 9.76. The number of hydrogen-bond acceptors (Lipinski definition) is 5. The molecule has 0 unspecified atom stereocenters. The molecule has 1 heterocycles. The van der Waals surface area contributed by atoms with Crippen LogP contribution in [0.15, 0.2) is 59.8 Å². The molecule has 7 heteroatoms. The molecule has 1 amide bonds. The van der Waals surface area contributed by atoms with Crippen LogP contribution in [0.5, 0.6) is 5.75 Å². The second kappa shape index (κ2) is 8.69. The summed E-state index contributed by atoms with van der Waals surface area (Å²) in [5.41, 5.74) is 1.86. The molecule has 150 valence electrons. The predicted molar refractivity (Wildman–Crippen MR) is 114 cm³/mol. The van der Waals surface area contributed by atoms with Gasteiger partial charge in [0.05, 0.1) is 5.25 Å². The second-order valence-electron chi connectivity index (χ2n) is 7.18. The number of nitrogens with one attached hydrogen (secondary N) is 1. The lowest BCUT2D eigenvalue weighted by Crippen LogP contribution is -2.22. The standard InChI is InChI=1S/C22H24N4O2S/c1-15(29-22-25-24-16(2)26(22)19-10-11-19)21(27)23-18-8-12-20(13-9-18)28-14-17-6-4-3-5-7-17/h3-9,12-13,15,19H,10-11,14H2,1-2H3,(H,23,27)/t15-/m1/s1. The van der Waals surface area contributed by atoms with Crippen molar-refractivity contribution >= 4 is 23.4 Å². The Kier molecular flexibility index (Phi) is 5.85. The normalized spacial score (nSPS) is 14.4. The molecule has 1 atom stereocenters. The summed E-state index contributed by atoms with van der Waals surface area (Å²) in [5, 5.41) is 11.9. The van der Waals surface area contributed by atoms with Crippen LogP contribution in [0.3, 0.4) is 0 Å². The molecular weight excluding hydrogens is 384 g/mol. The van der Waals surface area contributed by atoms with E-state index in [0.717, 1.165) is 40.8 Å². The van der Waals surface area contributed by atoms with E-state index in [2.05, 4.69) is 20.1 Å². The third-order valence-electron chi connectivity index (χ3n) is 4.77. The fourth-order valence-corrected chi connectivity index (χ4v) is 3.98. The Labute approximate surface area is 174 Å². The molecule has 1 saturated carbocycles. The Hall–Kier alpha value is -2.80. The predicted octanol–water partition coefficient (Wildman–Crippen LogP) is 4.62. The van der Waals surface area contributed by atoms with E-state index in [1.807, 2.05) is 68.4 Å². The van der Waals surface area contributed by atoms with Crippen LogP contribution in [0.2, 0.25) is 0 Å². The number of ether oxygens (including phenoxy) is 1. The molecule has 29 heavy (non-hydrogen) atoms. The smallest absolute Gasteiger partial charge is 0.237 e. The van der Waals surface area contributed by atoms with Crippen molar-refractivity contribution < 1.29 is 9.53 Å². The zero-order valence-electron chi connectivity index (χ0n) is 16.5. The van der Waals surface area contributed by atoms with E-state index >= 15 is 0 Å². The van der Waals surface area contributed by atoms with Crippen molar-refractivity contribution in [1.82, 2.24) is 14.8 Å². The lowest BCUT2D eigenvalue weighted by atomic mass is 10.2. The first-order chi connectivity index (χ1) is 14.1. The minimum Gasteiger partial charge on any atom is -0.489 e. The van der Waals surface area contributed by atoms with E-state index in [-0.39, 0.29) is 11.2 Å². The van der Waals surface area contributed by atoms with Gasteiger partial charge >= 0.3 is 0 Å². The van der Waals surface area contributed by atoms with Crippen LogP contribution < -0.4 is 10.1 Å². The van der Waals surface area contributed by atoms with Gasteiger partial charge in [0.2, 0.25) is 5.91 Å². The van der Waals surface area contributed by atoms with E-state index in [1.165, 1.54) is 11.8 Å². The Morgan fingerprint density at radius 1 is 1.17 bits per heavy atom. The maximum Gasteiger partial charge on any atom is 0.237 e. The first-order valence-corrected chi connectivity index (χ1v) is 10.6. The summed E-state index contributed by atoms with van der Waals surface area (Å²) in [6.45, 7) is 4.36. The van der Waals surface area contributed by atoms with Crippen molar-refractivity contribution in [1.29, 1.82) is 0 Å². The van der Waals surface area contributed by atoms with Crippen molar-refractivity contribution in [3.8, 4) is 5.75 Å². The van der Waals surface area contributed by atoms with Crippen molar-refractivity contribution in [2.45, 2.75) is 49.7 Å². The fourth-order valence-electron chi connectivity index (χ4n) is 3.01. The Bertz CT molecular complexity index is 968. The van der Waals surface area contributed by atoms with Gasteiger partial charge in [-0.25, -0.2) is 0 Å². The molecule has 3 aromatic rings. The third-order valence-corrected chi connectivity index (χ3v) is 5.83. The number of thioether (sulfide) groups is 1. The van der Waals surface area contributed by atoms with Gasteiger partial charge < -0.3 is 14.6 Å². The fraction of sp³-hybridized carbons (Fsp3) is 0.318. The molecule has 1 aliphatic carbocycles. The molecule has 0 radical (unpaired) electrons. The molecule has 1 N–H and O–H groups in total. The molecule has 2 aromatic carbocycles. The highest BCUT2D eigenvalue weighted by Crippen LogP contribution is 2.39. The lowest BCUT2D eigenvalue weighted by molar-refractivity contribution is -0.115. The molecule has 4 rings (SSSR count). The minimum absolute atomic E-state index is 0.0593. The number of nitrogens with zero attached hydrogens (tertiary/aromatic N) is 3. The molecular formula is C22H24N4O2S. The number of hydrogen-bond donors (Lipinski definition) is 1. The minimum atomic E-state index is -0.273. The third kappa shape index (κ3) is 4.98. The molecule has 1 aliphatic rings. The maximum absolute atomic E-state index is 12.6. The molecule has 0 aliphatic heterocycles. The molecule has 0 bridgehead atoms. The molecule has 1 fully saturated rings. The second-order valence-corrected chi connectivity index (χ2v) is 8.49. The monoisotopic (exact) mass is 408 g/mol. The summed E-state index contributed by atoms with van der Waals surface area (Å²) < 4.78 is 7.93. The van der Waals surface area contributed by atoms with Crippen molar-refractivity contribution in [2.24, 2.45) is 0 Å². The Morgan fingerprint density at radius 3 is 2.59 bits per heavy atom. The quantitative estimate of drug-likeness (QED) is 0.551. The number of aryl methyl sites for hydroxylation is 1. The number of benzene rings is 2. The van der Waals surface area contributed by atoms with E-state index < -0.39 is 0 Å². The molecule has 0 saturated heterocycles. The van der Waals surface area contributed by atoms with Gasteiger partial charge in [0.15, 0.2) is 5.16 Å². The molecule has 0 spiro atoms. The van der Waals surface area contributed by atoms with E-state index in [1.54, 1.807) is 0 Å². The average molecular weight is 409 g/mol. The SMILES string of the molecule is Cc1nnc(S[C@H](C)C(=O)Nc2ccc(OCc3ccccc3)cc2)n1C1CC1. The highest BCUT2D eigenvalue weighted by molar-refractivity contribution is 8.00. The van der Waals surface area contributed by atoms with Gasteiger partial charge in [-0.2, -0.15) is 0 Å². The summed E-state index contributed by atoms with van der Waals surface area (Å²) in [7, 11) is 0. The summed E-state index contributed by atoms with van der Waals surface area (Å²) in [4.78, 5) is 12.6. The van der Waals surface area contributed by atoms with Crippen LogP contribution in [0.4, 0.5) is 5.69 Å². The van der Waals surface area contributed by atoms with Gasteiger partial charge in [0, 0.05) is 11.7 Å². The highest BCUT2D eigenvalue weighted by Gasteiger charge is 2.29. The van der Waals surface area contributed by atoms with Gasteiger partial charge in [-0.3, -0.25) is 4.79 Å². The summed E-state index contributed by atoms with van der Waals surface area (Å²) in [6, 6.07) is 17.9. The topological polar surface area (TPSA) is 69.0 Å². The Morgan fingerprint density at radius 2 is 1.90 bits per heavy atom. The van der Waals surface area contributed by atoms with Crippen LogP contribution in [0.25, 0.3) is 0 Å². The number of anilines is 1. The van der Waals surface area contributed by atoms with Crippen LogP contribution in [0.1, 0.15) is 37.2 Å². The molecule has 6 nitrogen and oxygen atoms in total. The van der Waals surface area contributed by atoms with Gasteiger partial charge in [-0.15, -0.1) is 10.2 Å². The largest absolute Gasteiger partial charge is 0.489 e. The number of rotatable bonds is 8. The summed E-state index contributed by atoms with van der Waals surface area (Å²) in [6.07, 6.45) is 2.32. The zero-order chi connectivity index (χ0) is 20.2. The van der Waals surface area contributed by atoms with E-state index in [4.69, 9.17) is 4.74 Å². The Balaban J connectivity index is 1.31. The van der Waals surface area contributed by atoms with E-state index in [0.29, 0.717) is 12.6 Å². The van der Waals surface area contributed by atoms with Gasteiger partial charge in [0.1, 0.15) is 18.2 Å². The lowest BCUT2D eigenvalue weighted by Gasteiger charge is -2.13. The maximum atomic E-state index is 12.6. The zero-order valence-corrected chi connectivity index (χ0v) is 17.4. The number of aromatic nitrogens is 3. The summed E-state index contributed by atoms with van der Waals surface area (Å²) in [5.74, 6) is 1.62. The van der Waals surface area contributed by atoms with Gasteiger partial charge in [-0.05, 0) is 56.5 Å². The number of amides is 1. The van der Waals surface area contributed by atoms with Crippen molar-refractivity contribution in [3.63, 3.8) is 0 Å². The van der Waals surface area contributed by atoms with Crippen LogP contribution in [0, 0.1) is 6.92 Å². The van der Waals surface area contributed by atoms with Gasteiger partial charge in [-0.1, -0.05) is 42.1 Å². The first kappa shape index (κ1) is 19.5.